The van der Waals surface area contributed by atoms with E-state index in [0.29, 0.717) is 37.7 Å². The van der Waals surface area contributed by atoms with E-state index in [0.717, 1.165) is 17.1 Å². The Morgan fingerprint density at radius 2 is 1.93 bits per heavy atom. The molecule has 1 amide bonds. The number of hydrogen-bond acceptors (Lipinski definition) is 6. The molecule has 0 unspecified atom stereocenters. The highest BCUT2D eigenvalue weighted by Crippen LogP contribution is 2.32. The third-order valence-electron chi connectivity index (χ3n) is 4.05. The number of hydrogen-bond donors (Lipinski definition) is 1. The second-order valence-electron chi connectivity index (χ2n) is 6.21. The number of likely N-dealkylation sites (N-methyl/N-ethyl adjacent to an activating group) is 1. The first-order valence-electron chi connectivity index (χ1n) is 8.75. The van der Waals surface area contributed by atoms with Crippen molar-refractivity contribution in [3.05, 3.63) is 48.0 Å². The van der Waals surface area contributed by atoms with Gasteiger partial charge in [0.2, 0.25) is 12.7 Å². The molecule has 0 radical (unpaired) electrons. The lowest BCUT2D eigenvalue weighted by atomic mass is 10.2. The molecule has 0 bridgehead atoms. The normalized spacial score (nSPS) is 12.1. The van der Waals surface area contributed by atoms with Gasteiger partial charge in [-0.25, -0.2) is 0 Å². The van der Waals surface area contributed by atoms with Gasteiger partial charge in [0, 0.05) is 6.54 Å². The molecule has 1 aliphatic rings. The van der Waals surface area contributed by atoms with Crippen LogP contribution in [-0.4, -0.2) is 51.5 Å². The number of para-hydroxylation sites is 2. The molecule has 0 spiro atoms. The van der Waals surface area contributed by atoms with E-state index >= 15 is 0 Å². The Morgan fingerprint density at radius 1 is 1.15 bits per heavy atom. The SMILES string of the molecule is COc1ccccc1OCCNC(=O)CN(C)Cc1ccc2c(c1)OCO2. The second-order valence-corrected chi connectivity index (χ2v) is 6.21. The molecule has 0 aliphatic carbocycles. The number of ether oxygens (including phenoxy) is 4. The Morgan fingerprint density at radius 3 is 2.74 bits per heavy atom. The molecule has 0 saturated carbocycles. The van der Waals surface area contributed by atoms with Crippen molar-refractivity contribution in [2.45, 2.75) is 6.54 Å². The van der Waals surface area contributed by atoms with Crippen LogP contribution < -0.4 is 24.3 Å². The van der Waals surface area contributed by atoms with Crippen LogP contribution in [0.1, 0.15) is 5.56 Å². The van der Waals surface area contributed by atoms with Gasteiger partial charge in [0.1, 0.15) is 6.61 Å². The Kier molecular flexibility index (Phi) is 6.38. The summed E-state index contributed by atoms with van der Waals surface area (Å²) in [7, 11) is 3.50. The topological polar surface area (TPSA) is 69.3 Å². The van der Waals surface area contributed by atoms with Gasteiger partial charge >= 0.3 is 0 Å². The van der Waals surface area contributed by atoms with E-state index in [1.165, 1.54) is 0 Å². The van der Waals surface area contributed by atoms with E-state index in [2.05, 4.69) is 5.32 Å². The molecular weight excluding hydrogens is 348 g/mol. The van der Waals surface area contributed by atoms with Crippen LogP contribution in [0.25, 0.3) is 0 Å². The molecule has 144 valence electrons. The zero-order chi connectivity index (χ0) is 19.1. The number of amides is 1. The van der Waals surface area contributed by atoms with Crippen molar-refractivity contribution in [1.82, 2.24) is 10.2 Å². The van der Waals surface area contributed by atoms with Crippen LogP contribution in [0.5, 0.6) is 23.0 Å². The van der Waals surface area contributed by atoms with Gasteiger partial charge in [-0.15, -0.1) is 0 Å². The van der Waals surface area contributed by atoms with E-state index in [1.807, 2.05) is 54.4 Å². The minimum atomic E-state index is -0.0538. The second kappa shape index (κ2) is 9.14. The van der Waals surface area contributed by atoms with Gasteiger partial charge in [-0.05, 0) is 36.9 Å². The summed E-state index contributed by atoms with van der Waals surface area (Å²) < 4.78 is 21.5. The Hall–Kier alpha value is -2.93. The van der Waals surface area contributed by atoms with E-state index in [1.54, 1.807) is 7.11 Å². The highest BCUT2D eigenvalue weighted by Gasteiger charge is 2.14. The summed E-state index contributed by atoms with van der Waals surface area (Å²) in [6.45, 7) is 1.99. The highest BCUT2D eigenvalue weighted by atomic mass is 16.7. The van der Waals surface area contributed by atoms with Crippen LogP contribution in [0.4, 0.5) is 0 Å². The van der Waals surface area contributed by atoms with Gasteiger partial charge in [-0.2, -0.15) is 0 Å². The van der Waals surface area contributed by atoms with Crippen LogP contribution >= 0.6 is 0 Å². The number of benzene rings is 2. The van der Waals surface area contributed by atoms with E-state index in [9.17, 15) is 4.79 Å². The van der Waals surface area contributed by atoms with Crippen LogP contribution in [0.2, 0.25) is 0 Å². The van der Waals surface area contributed by atoms with Crippen molar-refractivity contribution in [3.8, 4) is 23.0 Å². The maximum absolute atomic E-state index is 12.1. The van der Waals surface area contributed by atoms with E-state index < -0.39 is 0 Å². The molecule has 2 aromatic carbocycles. The third-order valence-corrected chi connectivity index (χ3v) is 4.05. The number of carbonyl (C=O) groups excluding carboxylic acids is 1. The molecule has 7 nitrogen and oxygen atoms in total. The molecule has 7 heteroatoms. The van der Waals surface area contributed by atoms with Crippen molar-refractivity contribution in [1.29, 1.82) is 0 Å². The highest BCUT2D eigenvalue weighted by molar-refractivity contribution is 5.77. The lowest BCUT2D eigenvalue weighted by Crippen LogP contribution is -2.36. The van der Waals surface area contributed by atoms with Gasteiger partial charge in [0.25, 0.3) is 0 Å². The predicted octanol–water partition coefficient (Wildman–Crippen LogP) is 2.05. The number of nitrogens with one attached hydrogen (secondary N) is 1. The minimum absolute atomic E-state index is 0.0538. The first kappa shape index (κ1) is 18.8. The quantitative estimate of drug-likeness (QED) is 0.680. The summed E-state index contributed by atoms with van der Waals surface area (Å²) in [5.41, 5.74) is 1.06. The van der Waals surface area contributed by atoms with Crippen molar-refractivity contribution in [3.63, 3.8) is 0 Å². The molecule has 0 fully saturated rings. The van der Waals surface area contributed by atoms with Gasteiger partial charge < -0.3 is 24.3 Å². The molecule has 1 aliphatic heterocycles. The molecule has 3 rings (SSSR count). The van der Waals surface area contributed by atoms with Gasteiger partial charge in [0.05, 0.1) is 20.2 Å². The summed E-state index contributed by atoms with van der Waals surface area (Å²) in [6.07, 6.45) is 0. The monoisotopic (exact) mass is 372 g/mol. The fourth-order valence-corrected chi connectivity index (χ4v) is 2.80. The Bertz CT molecular complexity index is 781. The van der Waals surface area contributed by atoms with Gasteiger partial charge in [-0.1, -0.05) is 18.2 Å². The maximum atomic E-state index is 12.1. The zero-order valence-electron chi connectivity index (χ0n) is 15.6. The van der Waals surface area contributed by atoms with Gasteiger partial charge in [-0.3, -0.25) is 9.69 Å². The van der Waals surface area contributed by atoms with E-state index in [-0.39, 0.29) is 12.7 Å². The first-order chi connectivity index (χ1) is 13.2. The molecule has 1 heterocycles. The number of carbonyl (C=O) groups is 1. The molecular formula is C20H24N2O5. The summed E-state index contributed by atoms with van der Waals surface area (Å²) in [4.78, 5) is 14.0. The number of fused-ring (bicyclic) bond motifs is 1. The third kappa shape index (κ3) is 5.27. The average Bonchev–Trinajstić information content (AvgIpc) is 3.13. The number of rotatable bonds is 9. The zero-order valence-corrected chi connectivity index (χ0v) is 15.6. The van der Waals surface area contributed by atoms with E-state index in [4.69, 9.17) is 18.9 Å². The van der Waals surface area contributed by atoms with Crippen LogP contribution in [-0.2, 0) is 11.3 Å². The maximum Gasteiger partial charge on any atom is 0.234 e. The lowest BCUT2D eigenvalue weighted by molar-refractivity contribution is -0.122. The molecule has 1 N–H and O–H groups in total. The molecule has 27 heavy (non-hydrogen) atoms. The fourth-order valence-electron chi connectivity index (χ4n) is 2.80. The molecule has 2 aromatic rings. The Labute approximate surface area is 158 Å². The predicted molar refractivity (Wildman–Crippen MR) is 100 cm³/mol. The standard InChI is InChI=1S/C20H24N2O5/c1-22(12-15-7-8-18-19(11-15)27-14-26-18)13-20(23)21-9-10-25-17-6-4-3-5-16(17)24-2/h3-8,11H,9-10,12-14H2,1-2H3,(H,21,23). The molecule has 0 saturated heterocycles. The lowest BCUT2D eigenvalue weighted by Gasteiger charge is -2.17. The number of methoxy groups -OCH3 is 1. The van der Waals surface area contributed by atoms with Crippen LogP contribution in [0, 0.1) is 0 Å². The fraction of sp³-hybridized carbons (Fsp3) is 0.350. The van der Waals surface area contributed by atoms with Crippen molar-refractivity contribution in [2.24, 2.45) is 0 Å². The van der Waals surface area contributed by atoms with Crippen LogP contribution in [0.15, 0.2) is 42.5 Å². The smallest absolute Gasteiger partial charge is 0.234 e. The van der Waals surface area contributed by atoms with Gasteiger partial charge in [0.15, 0.2) is 23.0 Å². The summed E-state index contributed by atoms with van der Waals surface area (Å²) >= 11 is 0. The number of nitrogens with zero attached hydrogens (tertiary/aromatic N) is 1. The van der Waals surface area contributed by atoms with Crippen LogP contribution in [0.3, 0.4) is 0 Å². The first-order valence-corrected chi connectivity index (χ1v) is 8.75. The largest absolute Gasteiger partial charge is 0.493 e. The molecule has 0 atom stereocenters. The van der Waals surface area contributed by atoms with Crippen molar-refractivity contribution >= 4 is 5.91 Å². The average molecular weight is 372 g/mol. The summed E-state index contributed by atoms with van der Waals surface area (Å²) in [5, 5.41) is 2.86. The van der Waals surface area contributed by atoms with Crippen molar-refractivity contribution < 1.29 is 23.7 Å². The minimum Gasteiger partial charge on any atom is -0.493 e. The molecule has 0 aromatic heterocycles. The summed E-state index contributed by atoms with van der Waals surface area (Å²) in [5.74, 6) is 2.79. The van der Waals surface area contributed by atoms with Crippen molar-refractivity contribution in [2.75, 3.05) is 40.6 Å². The Balaban J connectivity index is 1.37. The summed E-state index contributed by atoms with van der Waals surface area (Å²) in [6, 6.07) is 13.2.